The molecular weight excluding hydrogens is 265 g/mol. The van der Waals surface area contributed by atoms with Crippen LogP contribution in [0.2, 0.25) is 0 Å². The van der Waals surface area contributed by atoms with Gasteiger partial charge in [-0.1, -0.05) is 6.42 Å². The highest BCUT2D eigenvalue weighted by Gasteiger charge is 2.42. The van der Waals surface area contributed by atoms with Crippen LogP contribution in [-0.2, 0) is 0 Å². The number of hydrogen-bond acceptors (Lipinski definition) is 3. The van der Waals surface area contributed by atoms with E-state index in [2.05, 4.69) is 9.80 Å². The van der Waals surface area contributed by atoms with Crippen LogP contribution in [0.4, 0.5) is 15.8 Å². The maximum absolute atomic E-state index is 14.0. The molecule has 3 unspecified atom stereocenters. The molecule has 2 saturated carbocycles. The second-order valence-electron chi connectivity index (χ2n) is 6.98. The third-order valence-corrected chi connectivity index (χ3v) is 5.80. The molecule has 2 aliphatic carbocycles. The van der Waals surface area contributed by atoms with Gasteiger partial charge in [0.15, 0.2) is 0 Å². The molecule has 0 radical (unpaired) electrons. The molecule has 21 heavy (non-hydrogen) atoms. The van der Waals surface area contributed by atoms with Gasteiger partial charge >= 0.3 is 0 Å². The molecule has 1 heterocycles. The Morgan fingerprint density at radius 1 is 1.05 bits per heavy atom. The van der Waals surface area contributed by atoms with Crippen LogP contribution in [0, 0.1) is 17.7 Å². The summed E-state index contributed by atoms with van der Waals surface area (Å²) < 4.78 is 14.0. The summed E-state index contributed by atoms with van der Waals surface area (Å²) in [5, 5.41) is 0. The molecule has 0 spiro atoms. The third-order valence-electron chi connectivity index (χ3n) is 5.80. The number of fused-ring (bicyclic) bond motifs is 2. The van der Waals surface area contributed by atoms with Crippen LogP contribution in [0.5, 0.6) is 0 Å². The highest BCUT2D eigenvalue weighted by Crippen LogP contribution is 2.46. The molecule has 0 amide bonds. The van der Waals surface area contributed by atoms with E-state index in [-0.39, 0.29) is 5.82 Å². The summed E-state index contributed by atoms with van der Waals surface area (Å²) >= 11 is 0. The molecule has 1 aliphatic heterocycles. The molecule has 4 heteroatoms. The Morgan fingerprint density at radius 2 is 1.86 bits per heavy atom. The Balaban J connectivity index is 1.40. The van der Waals surface area contributed by atoms with Crippen LogP contribution in [0.1, 0.15) is 25.7 Å². The van der Waals surface area contributed by atoms with Gasteiger partial charge in [-0.25, -0.2) is 4.39 Å². The highest BCUT2D eigenvalue weighted by molar-refractivity contribution is 5.54. The van der Waals surface area contributed by atoms with Crippen molar-refractivity contribution in [2.45, 2.75) is 31.7 Å². The number of halogens is 1. The lowest BCUT2D eigenvalue weighted by Crippen LogP contribution is -2.52. The van der Waals surface area contributed by atoms with Gasteiger partial charge < -0.3 is 10.6 Å². The summed E-state index contributed by atoms with van der Waals surface area (Å²) in [6.45, 7) is 3.98. The topological polar surface area (TPSA) is 32.5 Å². The average Bonchev–Trinajstić information content (AvgIpc) is 3.10. The fourth-order valence-corrected chi connectivity index (χ4v) is 4.73. The summed E-state index contributed by atoms with van der Waals surface area (Å²) in [4.78, 5) is 4.83. The van der Waals surface area contributed by atoms with Crippen LogP contribution >= 0.6 is 0 Å². The molecule has 1 aromatic rings. The van der Waals surface area contributed by atoms with Crippen molar-refractivity contribution in [3.63, 3.8) is 0 Å². The summed E-state index contributed by atoms with van der Waals surface area (Å²) in [5.41, 5.74) is 6.83. The number of anilines is 2. The third kappa shape index (κ3) is 2.39. The minimum absolute atomic E-state index is 0.191. The van der Waals surface area contributed by atoms with Crippen molar-refractivity contribution in [2.75, 3.05) is 36.8 Å². The summed E-state index contributed by atoms with van der Waals surface area (Å²) in [6.07, 6.45) is 5.75. The van der Waals surface area contributed by atoms with E-state index in [4.69, 9.17) is 5.73 Å². The molecule has 1 saturated heterocycles. The average molecular weight is 289 g/mol. The van der Waals surface area contributed by atoms with Crippen LogP contribution in [0.15, 0.2) is 18.2 Å². The zero-order chi connectivity index (χ0) is 14.4. The quantitative estimate of drug-likeness (QED) is 0.850. The van der Waals surface area contributed by atoms with Crippen molar-refractivity contribution >= 4 is 11.4 Å². The van der Waals surface area contributed by atoms with Crippen LogP contribution in [0.3, 0.4) is 0 Å². The Kier molecular flexibility index (Phi) is 3.29. The lowest BCUT2D eigenvalue weighted by atomic mass is 9.93. The van der Waals surface area contributed by atoms with E-state index >= 15 is 0 Å². The van der Waals surface area contributed by atoms with Crippen molar-refractivity contribution in [1.29, 1.82) is 0 Å². The lowest BCUT2D eigenvalue weighted by Gasteiger charge is -2.41. The van der Waals surface area contributed by atoms with Crippen molar-refractivity contribution in [2.24, 2.45) is 11.8 Å². The van der Waals surface area contributed by atoms with Crippen LogP contribution in [-0.4, -0.2) is 37.1 Å². The minimum Gasteiger partial charge on any atom is -0.399 e. The van der Waals surface area contributed by atoms with Crippen LogP contribution in [0.25, 0.3) is 0 Å². The molecule has 2 N–H and O–H groups in total. The zero-order valence-corrected chi connectivity index (χ0v) is 12.5. The number of nitrogens with zero attached hydrogens (tertiary/aromatic N) is 2. The van der Waals surface area contributed by atoms with E-state index in [9.17, 15) is 4.39 Å². The molecule has 3 atom stereocenters. The Bertz CT molecular complexity index is 525. The monoisotopic (exact) mass is 289 g/mol. The Morgan fingerprint density at radius 3 is 2.48 bits per heavy atom. The highest BCUT2D eigenvalue weighted by atomic mass is 19.1. The summed E-state index contributed by atoms with van der Waals surface area (Å²) in [7, 11) is 0. The normalized spacial score (nSPS) is 32.8. The minimum atomic E-state index is -0.191. The summed E-state index contributed by atoms with van der Waals surface area (Å²) in [5.74, 6) is 1.74. The maximum Gasteiger partial charge on any atom is 0.148 e. The second-order valence-corrected chi connectivity index (χ2v) is 6.98. The fraction of sp³-hybridized carbons (Fsp3) is 0.647. The molecule has 3 nitrogen and oxygen atoms in total. The van der Waals surface area contributed by atoms with Crippen molar-refractivity contribution in [1.82, 2.24) is 4.90 Å². The van der Waals surface area contributed by atoms with Gasteiger partial charge in [0.2, 0.25) is 0 Å². The van der Waals surface area contributed by atoms with Gasteiger partial charge in [-0.15, -0.1) is 0 Å². The second kappa shape index (κ2) is 5.16. The number of piperazine rings is 1. The van der Waals surface area contributed by atoms with E-state index in [1.807, 2.05) is 6.07 Å². The van der Waals surface area contributed by atoms with Gasteiger partial charge in [0.05, 0.1) is 5.69 Å². The molecule has 3 fully saturated rings. The predicted molar refractivity (Wildman–Crippen MR) is 83.8 cm³/mol. The van der Waals surface area contributed by atoms with Gasteiger partial charge in [-0.3, -0.25) is 4.90 Å². The largest absolute Gasteiger partial charge is 0.399 e. The maximum atomic E-state index is 14.0. The number of hydrogen-bond donors (Lipinski definition) is 1. The summed E-state index contributed by atoms with van der Waals surface area (Å²) in [6, 6.07) is 5.85. The molecule has 1 aromatic carbocycles. The molecule has 0 aromatic heterocycles. The van der Waals surface area contributed by atoms with E-state index in [0.717, 1.165) is 44.1 Å². The van der Waals surface area contributed by atoms with E-state index in [1.165, 1.54) is 31.7 Å². The van der Waals surface area contributed by atoms with Gasteiger partial charge in [-0.2, -0.15) is 0 Å². The number of nitrogens with two attached hydrogens (primary N) is 1. The lowest BCUT2D eigenvalue weighted by molar-refractivity contribution is 0.134. The van der Waals surface area contributed by atoms with Crippen molar-refractivity contribution in [3.05, 3.63) is 24.0 Å². The van der Waals surface area contributed by atoms with E-state index < -0.39 is 0 Å². The fourth-order valence-electron chi connectivity index (χ4n) is 4.73. The molecule has 4 rings (SSSR count). The Labute approximate surface area is 125 Å². The van der Waals surface area contributed by atoms with Gasteiger partial charge in [0.1, 0.15) is 5.82 Å². The van der Waals surface area contributed by atoms with Crippen molar-refractivity contribution < 1.29 is 4.39 Å². The van der Waals surface area contributed by atoms with Gasteiger partial charge in [-0.05, 0) is 49.3 Å². The predicted octanol–water partition coefficient (Wildman–Crippen LogP) is 2.72. The zero-order valence-electron chi connectivity index (χ0n) is 12.5. The number of benzene rings is 1. The first-order valence-corrected chi connectivity index (χ1v) is 8.25. The van der Waals surface area contributed by atoms with E-state index in [1.54, 1.807) is 6.07 Å². The smallest absolute Gasteiger partial charge is 0.148 e. The molecule has 2 bridgehead atoms. The first kappa shape index (κ1) is 13.4. The first-order valence-electron chi connectivity index (χ1n) is 8.25. The standard InChI is InChI=1S/C17H24FN3/c18-15-11-14(19)3-4-16(15)20-5-7-21(8-6-20)17-10-12-1-2-13(17)9-12/h3-4,11-13,17H,1-2,5-10,19H2. The Hall–Kier alpha value is -1.29. The van der Waals surface area contributed by atoms with Gasteiger partial charge in [0.25, 0.3) is 0 Å². The first-order chi connectivity index (χ1) is 10.2. The van der Waals surface area contributed by atoms with E-state index in [0.29, 0.717) is 11.4 Å². The van der Waals surface area contributed by atoms with Crippen LogP contribution < -0.4 is 10.6 Å². The molecule has 3 aliphatic rings. The molecular formula is C17H24FN3. The number of rotatable bonds is 2. The van der Waals surface area contributed by atoms with Gasteiger partial charge in [0, 0.05) is 37.9 Å². The molecule has 114 valence electrons. The van der Waals surface area contributed by atoms with Crippen molar-refractivity contribution in [3.8, 4) is 0 Å². The SMILES string of the molecule is Nc1ccc(N2CCN(C3CC4CCC3C4)CC2)c(F)c1. The number of nitrogen functional groups attached to an aromatic ring is 1.